The molecule has 0 atom stereocenters. The van der Waals surface area contributed by atoms with Crippen molar-refractivity contribution in [3.05, 3.63) is 24.0 Å². The van der Waals surface area contributed by atoms with E-state index in [1.165, 1.54) is 0 Å². The summed E-state index contributed by atoms with van der Waals surface area (Å²) in [7, 11) is 0. The molecule has 1 heterocycles. The molecule has 0 aliphatic rings. The first-order valence-electron chi connectivity index (χ1n) is 4.69. The number of carbonyl (C=O) groups is 1. The van der Waals surface area contributed by atoms with Gasteiger partial charge in [0.25, 0.3) is 0 Å². The Bertz CT molecular complexity index is 496. The largest absolute Gasteiger partial charge is 0.409 e. The van der Waals surface area contributed by atoms with Crippen molar-refractivity contribution in [2.45, 2.75) is 12.4 Å². The Balaban J connectivity index is 3.04. The number of alkyl halides is 6. The molecule has 0 unspecified atom stereocenters. The highest BCUT2D eigenvalue weighted by atomic mass is 19.4. The van der Waals surface area contributed by atoms with E-state index < -0.39 is 41.8 Å². The first-order valence-corrected chi connectivity index (χ1v) is 4.69. The standard InChI is InChI=1S/C9H4F8N2O/c10-4-2-1-3(6(11)19-4)18-7(20)5(8(12,13)14)9(15,16)17/h1-2,5H,(H,18,20). The van der Waals surface area contributed by atoms with Gasteiger partial charge in [-0.3, -0.25) is 4.79 Å². The fourth-order valence-corrected chi connectivity index (χ4v) is 1.19. The van der Waals surface area contributed by atoms with E-state index in [4.69, 9.17) is 0 Å². The number of amides is 1. The van der Waals surface area contributed by atoms with Gasteiger partial charge in [-0.15, -0.1) is 0 Å². The number of anilines is 1. The lowest BCUT2D eigenvalue weighted by Gasteiger charge is -2.22. The maximum Gasteiger partial charge on any atom is 0.409 e. The van der Waals surface area contributed by atoms with E-state index in [1.807, 2.05) is 0 Å². The van der Waals surface area contributed by atoms with E-state index in [0.717, 1.165) is 5.32 Å². The third kappa shape index (κ3) is 3.78. The molecule has 0 fully saturated rings. The molecule has 0 bridgehead atoms. The molecule has 0 aliphatic carbocycles. The molecule has 0 spiro atoms. The van der Waals surface area contributed by atoms with E-state index in [0.29, 0.717) is 12.1 Å². The van der Waals surface area contributed by atoms with Crippen LogP contribution in [-0.2, 0) is 4.79 Å². The number of carbonyl (C=O) groups excluding carboxylic acids is 1. The van der Waals surface area contributed by atoms with Crippen molar-refractivity contribution in [1.29, 1.82) is 0 Å². The predicted octanol–water partition coefficient (Wildman–Crippen LogP) is 3.04. The summed E-state index contributed by atoms with van der Waals surface area (Å²) in [6.45, 7) is 0. The van der Waals surface area contributed by atoms with E-state index >= 15 is 0 Å². The van der Waals surface area contributed by atoms with Crippen molar-refractivity contribution in [2.24, 2.45) is 5.92 Å². The number of nitrogens with one attached hydrogen (secondary N) is 1. The van der Waals surface area contributed by atoms with Gasteiger partial charge in [0.15, 0.2) is 0 Å². The molecule has 0 saturated heterocycles. The molecule has 1 aromatic heterocycles. The second kappa shape index (κ2) is 5.21. The van der Waals surface area contributed by atoms with Gasteiger partial charge in [-0.2, -0.15) is 40.1 Å². The second-order valence-corrected chi connectivity index (χ2v) is 3.48. The number of halogens is 8. The van der Waals surface area contributed by atoms with Gasteiger partial charge in [0.05, 0.1) is 5.69 Å². The highest BCUT2D eigenvalue weighted by Crippen LogP contribution is 2.39. The average Bonchev–Trinajstić information content (AvgIpc) is 2.17. The highest BCUT2D eigenvalue weighted by Gasteiger charge is 2.61. The maximum absolute atomic E-state index is 12.9. The number of aromatic nitrogens is 1. The molecular formula is C9H4F8N2O. The minimum absolute atomic E-state index is 0.444. The third-order valence-electron chi connectivity index (χ3n) is 1.99. The van der Waals surface area contributed by atoms with E-state index in [2.05, 4.69) is 4.98 Å². The van der Waals surface area contributed by atoms with Crippen LogP contribution in [-0.4, -0.2) is 23.2 Å². The van der Waals surface area contributed by atoms with Crippen LogP contribution in [0.2, 0.25) is 0 Å². The smallest absolute Gasteiger partial charge is 0.321 e. The van der Waals surface area contributed by atoms with Crippen molar-refractivity contribution < 1.29 is 39.9 Å². The molecule has 0 saturated carbocycles. The predicted molar refractivity (Wildman–Crippen MR) is 48.4 cm³/mol. The van der Waals surface area contributed by atoms with Crippen molar-refractivity contribution in [3.63, 3.8) is 0 Å². The minimum atomic E-state index is -5.91. The fraction of sp³-hybridized carbons (Fsp3) is 0.333. The Labute approximate surface area is 105 Å². The second-order valence-electron chi connectivity index (χ2n) is 3.48. The topological polar surface area (TPSA) is 42.0 Å². The van der Waals surface area contributed by atoms with Gasteiger partial charge in [-0.05, 0) is 12.1 Å². The lowest BCUT2D eigenvalue weighted by molar-refractivity contribution is -0.272. The minimum Gasteiger partial charge on any atom is -0.321 e. The molecule has 11 heteroatoms. The molecule has 1 rings (SSSR count). The van der Waals surface area contributed by atoms with Crippen molar-refractivity contribution in [3.8, 4) is 0 Å². The third-order valence-corrected chi connectivity index (χ3v) is 1.99. The molecule has 3 nitrogen and oxygen atoms in total. The molecule has 0 radical (unpaired) electrons. The average molecular weight is 308 g/mol. The van der Waals surface area contributed by atoms with Crippen LogP contribution in [0.1, 0.15) is 0 Å². The summed E-state index contributed by atoms with van der Waals surface area (Å²) >= 11 is 0. The van der Waals surface area contributed by atoms with Gasteiger partial charge in [0.1, 0.15) is 0 Å². The zero-order chi connectivity index (χ0) is 15.7. The van der Waals surface area contributed by atoms with Gasteiger partial charge < -0.3 is 5.32 Å². The molecule has 1 aromatic rings. The fourth-order valence-electron chi connectivity index (χ4n) is 1.19. The van der Waals surface area contributed by atoms with Crippen LogP contribution in [0, 0.1) is 17.8 Å². The van der Waals surface area contributed by atoms with Gasteiger partial charge in [-0.25, -0.2) is 0 Å². The summed E-state index contributed by atoms with van der Waals surface area (Å²) in [5.74, 6) is -9.98. The highest BCUT2D eigenvalue weighted by molar-refractivity contribution is 5.93. The van der Waals surface area contributed by atoms with Crippen LogP contribution >= 0.6 is 0 Å². The number of pyridine rings is 1. The number of nitrogens with zero attached hydrogens (tertiary/aromatic N) is 1. The lowest BCUT2D eigenvalue weighted by Crippen LogP contribution is -2.45. The molecule has 0 aromatic carbocycles. The lowest BCUT2D eigenvalue weighted by atomic mass is 10.1. The van der Waals surface area contributed by atoms with Crippen molar-refractivity contribution in [1.82, 2.24) is 4.98 Å². The summed E-state index contributed by atoms with van der Waals surface area (Å²) in [6, 6.07) is 0.897. The monoisotopic (exact) mass is 308 g/mol. The SMILES string of the molecule is O=C(Nc1ccc(F)nc1F)C(C(F)(F)F)C(F)(F)F. The Morgan fingerprint density at radius 2 is 1.55 bits per heavy atom. The first kappa shape index (κ1) is 16.1. The van der Waals surface area contributed by atoms with Crippen LogP contribution in [0.5, 0.6) is 0 Å². The van der Waals surface area contributed by atoms with Crippen LogP contribution in [0.15, 0.2) is 12.1 Å². The van der Waals surface area contributed by atoms with Gasteiger partial charge in [0, 0.05) is 0 Å². The molecule has 1 N–H and O–H groups in total. The van der Waals surface area contributed by atoms with Gasteiger partial charge in [-0.1, -0.05) is 0 Å². The first-order chi connectivity index (χ1) is 8.93. The van der Waals surface area contributed by atoms with Gasteiger partial charge >= 0.3 is 12.4 Å². The molecule has 0 aliphatic heterocycles. The van der Waals surface area contributed by atoms with E-state index in [1.54, 1.807) is 0 Å². The summed E-state index contributed by atoms with van der Waals surface area (Å²) in [5.41, 5.74) is -1.10. The van der Waals surface area contributed by atoms with E-state index in [-0.39, 0.29) is 0 Å². The van der Waals surface area contributed by atoms with Crippen LogP contribution in [0.3, 0.4) is 0 Å². The number of rotatable bonds is 2. The summed E-state index contributed by atoms with van der Waals surface area (Å²) in [5, 5.41) is 1.07. The van der Waals surface area contributed by atoms with Crippen molar-refractivity contribution >= 4 is 11.6 Å². The number of hydrogen-bond donors (Lipinski definition) is 1. The normalized spacial score (nSPS) is 12.7. The molecule has 112 valence electrons. The Hall–Kier alpha value is -1.94. The quantitative estimate of drug-likeness (QED) is 0.674. The molecule has 1 amide bonds. The van der Waals surface area contributed by atoms with Crippen molar-refractivity contribution in [2.75, 3.05) is 5.32 Å². The molecular weight excluding hydrogens is 304 g/mol. The van der Waals surface area contributed by atoms with Crippen LogP contribution in [0.25, 0.3) is 0 Å². The number of hydrogen-bond acceptors (Lipinski definition) is 2. The summed E-state index contributed by atoms with van der Waals surface area (Å²) in [4.78, 5) is 13.5. The van der Waals surface area contributed by atoms with Gasteiger partial charge in [0.2, 0.25) is 23.7 Å². The van der Waals surface area contributed by atoms with E-state index in [9.17, 15) is 39.9 Å². The zero-order valence-corrected chi connectivity index (χ0v) is 9.11. The molecule has 20 heavy (non-hydrogen) atoms. The Kier molecular flexibility index (Phi) is 4.20. The van der Waals surface area contributed by atoms with Crippen LogP contribution < -0.4 is 5.32 Å². The Morgan fingerprint density at radius 1 is 1.05 bits per heavy atom. The summed E-state index contributed by atoms with van der Waals surface area (Å²) < 4.78 is 98.4. The Morgan fingerprint density at radius 3 is 1.95 bits per heavy atom. The maximum atomic E-state index is 12.9. The zero-order valence-electron chi connectivity index (χ0n) is 9.11. The summed E-state index contributed by atoms with van der Waals surface area (Å²) in [6.07, 6.45) is -11.8. The van der Waals surface area contributed by atoms with Crippen LogP contribution in [0.4, 0.5) is 40.8 Å².